The maximum Gasteiger partial charge on any atom is 0.274 e. The highest BCUT2D eigenvalue weighted by Gasteiger charge is 2.47. The van der Waals surface area contributed by atoms with Gasteiger partial charge in [0.1, 0.15) is 36.3 Å². The number of fused-ring (bicyclic) bond motifs is 1. The van der Waals surface area contributed by atoms with Crippen LogP contribution < -0.4 is 40.7 Å². The molecular formula is C31H42N7O20P3S-4. The number of anilines is 1. The van der Waals surface area contributed by atoms with Crippen LogP contribution >= 0.6 is 35.2 Å². The van der Waals surface area contributed by atoms with Gasteiger partial charge in [0.05, 0.1) is 40.6 Å². The molecule has 0 saturated carbocycles. The van der Waals surface area contributed by atoms with Crippen LogP contribution in [-0.4, -0.2) is 120 Å². The van der Waals surface area contributed by atoms with Crippen molar-refractivity contribution in [3.05, 3.63) is 36.4 Å². The Morgan fingerprint density at radius 2 is 1.74 bits per heavy atom. The minimum Gasteiger partial charge on any atom is -0.790 e. The molecule has 0 aliphatic carbocycles. The Morgan fingerprint density at radius 1 is 1.05 bits per heavy atom. The molecule has 62 heavy (non-hydrogen) atoms. The zero-order chi connectivity index (χ0) is 46.2. The average Bonchev–Trinajstić information content (AvgIpc) is 3.74. The molecule has 3 unspecified atom stereocenters. The molecule has 0 spiro atoms. The molecular weight excluding hydrogens is 915 g/mol. The van der Waals surface area contributed by atoms with E-state index < -0.39 is 90.7 Å². The highest BCUT2D eigenvalue weighted by atomic mass is 32.2. The van der Waals surface area contributed by atoms with Gasteiger partial charge in [-0.3, -0.25) is 28.1 Å². The van der Waals surface area contributed by atoms with Crippen molar-refractivity contribution in [3.8, 4) is 11.5 Å². The first kappa shape index (κ1) is 51.0. The van der Waals surface area contributed by atoms with Crippen LogP contribution in [0, 0.1) is 5.41 Å². The number of nitrogens with zero attached hydrogens (tertiary/aromatic N) is 4. The van der Waals surface area contributed by atoms with E-state index in [-0.39, 0.29) is 65.3 Å². The van der Waals surface area contributed by atoms with E-state index in [1.54, 1.807) is 0 Å². The lowest BCUT2D eigenvalue weighted by Crippen LogP contribution is -2.46. The number of thioether (sulfide) groups is 1. The van der Waals surface area contributed by atoms with Crippen LogP contribution in [0.1, 0.15) is 44.6 Å². The van der Waals surface area contributed by atoms with Gasteiger partial charge in [0, 0.05) is 37.1 Å². The van der Waals surface area contributed by atoms with E-state index in [0.29, 0.717) is 5.56 Å². The lowest BCUT2D eigenvalue weighted by atomic mass is 9.87. The largest absolute Gasteiger partial charge is 0.790 e. The minimum absolute atomic E-state index is 0.0314. The van der Waals surface area contributed by atoms with E-state index in [0.717, 1.165) is 29.0 Å². The number of aliphatic hydroxyl groups is 3. The molecule has 346 valence electrons. The van der Waals surface area contributed by atoms with Crippen LogP contribution in [0.5, 0.6) is 11.5 Å². The number of imidazole rings is 1. The van der Waals surface area contributed by atoms with E-state index in [9.17, 15) is 68.1 Å². The van der Waals surface area contributed by atoms with Gasteiger partial charge in [-0.15, -0.1) is 0 Å². The summed E-state index contributed by atoms with van der Waals surface area (Å²) in [6.45, 7) is -0.217. The zero-order valence-corrected chi connectivity index (χ0v) is 36.2. The molecule has 2 amide bonds. The Labute approximate surface area is 355 Å². The number of nitrogens with one attached hydrogen (secondary N) is 2. The van der Waals surface area contributed by atoms with Crippen LogP contribution in [0.3, 0.4) is 0 Å². The van der Waals surface area contributed by atoms with Crippen molar-refractivity contribution in [2.75, 3.05) is 44.9 Å². The molecule has 0 radical (unpaired) electrons. The van der Waals surface area contributed by atoms with Crippen LogP contribution in [0.15, 0.2) is 30.9 Å². The molecule has 1 aliphatic rings. The Kier molecular flexibility index (Phi) is 17.6. The predicted octanol–water partition coefficient (Wildman–Crippen LogP) is -3.03. The third-order valence-electron chi connectivity index (χ3n) is 8.69. The summed E-state index contributed by atoms with van der Waals surface area (Å²) in [7, 11) is -16.3. The summed E-state index contributed by atoms with van der Waals surface area (Å²) in [4.78, 5) is 96.6. The number of phosphoric acid groups is 3. The fourth-order valence-electron chi connectivity index (χ4n) is 5.51. The first-order chi connectivity index (χ1) is 28.8. The molecule has 8 N–H and O–H groups in total. The van der Waals surface area contributed by atoms with Crippen molar-refractivity contribution in [2.24, 2.45) is 5.41 Å². The molecule has 2 aromatic heterocycles. The average molecular weight is 958 g/mol. The number of carbonyl (C=O) groups is 3. The van der Waals surface area contributed by atoms with Gasteiger partial charge >= 0.3 is 0 Å². The van der Waals surface area contributed by atoms with Crippen molar-refractivity contribution < 1.29 is 95.4 Å². The number of amides is 2. The van der Waals surface area contributed by atoms with E-state index in [1.165, 1.54) is 39.2 Å². The number of hydrogen-bond acceptors (Lipinski definition) is 25. The van der Waals surface area contributed by atoms with Crippen molar-refractivity contribution in [1.29, 1.82) is 0 Å². The van der Waals surface area contributed by atoms with Crippen LogP contribution in [0.25, 0.3) is 11.2 Å². The van der Waals surface area contributed by atoms with Gasteiger partial charge in [-0.2, -0.15) is 0 Å². The number of benzene rings is 1. The summed E-state index contributed by atoms with van der Waals surface area (Å²) < 4.78 is 65.6. The Bertz CT molecular complexity index is 2210. The third kappa shape index (κ3) is 14.4. The second-order valence-electron chi connectivity index (χ2n) is 13.9. The van der Waals surface area contributed by atoms with Gasteiger partial charge in [-0.1, -0.05) is 31.7 Å². The molecule has 1 fully saturated rings. The summed E-state index contributed by atoms with van der Waals surface area (Å²) in [5.41, 5.74) is 4.35. The number of nitrogens with two attached hydrogens (primary N) is 1. The molecule has 3 heterocycles. The van der Waals surface area contributed by atoms with E-state index >= 15 is 0 Å². The number of methoxy groups -OCH3 is 1. The number of hydrogen-bond donors (Lipinski definition) is 7. The molecule has 4 rings (SSSR count). The van der Waals surface area contributed by atoms with Crippen LogP contribution in [0.2, 0.25) is 0 Å². The Morgan fingerprint density at radius 3 is 2.42 bits per heavy atom. The number of nitrogen functional groups attached to an aromatic ring is 1. The summed E-state index contributed by atoms with van der Waals surface area (Å²) in [6.07, 6.45) is -9.21. The SMILES string of the molecule is COc1cc(C(O)CC(=O)SCCNC(=O)CCNC(=O)[C@H](O)C(C)(C)COP(=O)([O-])OP(=O)([O-])OC[C@H]2O[C@@H](n3cnc4c(N)ncnc43)[C@H](O)[C@@H]2OP(=O)([O-])[O-])ccc1O. The number of aromatic nitrogens is 4. The van der Waals surface area contributed by atoms with Crippen molar-refractivity contribution in [3.63, 3.8) is 0 Å². The normalized spacial score (nSPS) is 21.1. The van der Waals surface area contributed by atoms with E-state index in [1.807, 2.05) is 0 Å². The fourth-order valence-corrected chi connectivity index (χ4v) is 8.95. The molecule has 1 aromatic carbocycles. The summed E-state index contributed by atoms with van der Waals surface area (Å²) in [5.74, 6) is -1.55. The summed E-state index contributed by atoms with van der Waals surface area (Å²) >= 11 is 0.854. The maximum absolute atomic E-state index is 12.6. The Balaban J connectivity index is 1.19. The standard InChI is InChI=1S/C31H46N7O20P3S/c1-31(2,26(44)29(45)34-7-6-21(41)33-8-9-62-22(42)11-18(40)16-4-5-17(39)19(10-16)53-3)13-55-61(51,52)58-60(49,50)54-12-20-25(57-59(46,47)48)24(43)30(56-20)38-15-37-23-27(32)35-14-36-28(23)38/h4-5,10,14-15,18,20,24-26,30,39-40,43-44H,6-9,11-13H2,1-3H3,(H,33,41)(H,34,45)(H,49,50)(H,51,52)(H2,32,35,36)(H2,46,47,48)/p-4/t18?,20-,24-,25-,26+,30-/m1/s1. The van der Waals surface area contributed by atoms with E-state index in [2.05, 4.69) is 43.5 Å². The number of phenols is 1. The molecule has 31 heteroatoms. The van der Waals surface area contributed by atoms with Gasteiger partial charge in [0.25, 0.3) is 15.6 Å². The number of carbonyl (C=O) groups excluding carboxylic acids is 3. The molecule has 8 atom stereocenters. The zero-order valence-electron chi connectivity index (χ0n) is 32.7. The molecule has 27 nitrogen and oxygen atoms in total. The monoisotopic (exact) mass is 957 g/mol. The maximum atomic E-state index is 12.6. The molecule has 1 aliphatic heterocycles. The lowest BCUT2D eigenvalue weighted by Gasteiger charge is -2.36. The highest BCUT2D eigenvalue weighted by Crippen LogP contribution is 2.56. The predicted molar refractivity (Wildman–Crippen MR) is 202 cm³/mol. The fraction of sp³-hybridized carbons (Fsp3) is 0.548. The molecule has 1 saturated heterocycles. The third-order valence-corrected chi connectivity index (χ3v) is 12.6. The number of ether oxygens (including phenoxy) is 2. The first-order valence-electron chi connectivity index (χ1n) is 17.9. The van der Waals surface area contributed by atoms with Gasteiger partial charge in [0.2, 0.25) is 11.8 Å². The lowest BCUT2D eigenvalue weighted by molar-refractivity contribution is -0.347. The smallest absolute Gasteiger partial charge is 0.274 e. The minimum atomic E-state index is -5.94. The molecule has 3 aromatic rings. The van der Waals surface area contributed by atoms with Crippen molar-refractivity contribution >= 4 is 69.1 Å². The van der Waals surface area contributed by atoms with Crippen LogP contribution in [-0.2, 0) is 50.7 Å². The Hall–Kier alpha value is -3.66. The van der Waals surface area contributed by atoms with Crippen molar-refractivity contribution in [2.45, 2.75) is 63.4 Å². The summed E-state index contributed by atoms with van der Waals surface area (Å²) in [6, 6.07) is 4.15. The van der Waals surface area contributed by atoms with Gasteiger partial charge in [0.15, 0.2) is 34.3 Å². The first-order valence-corrected chi connectivity index (χ1v) is 23.2. The number of aliphatic hydroxyl groups excluding tert-OH is 3. The molecule has 0 bridgehead atoms. The number of rotatable bonds is 23. The second kappa shape index (κ2) is 21.3. The summed E-state index contributed by atoms with van der Waals surface area (Å²) in [5, 5.41) is 45.8. The number of phenolic OH excluding ortho intramolecular Hbond substituents is 1. The van der Waals surface area contributed by atoms with Gasteiger partial charge in [-0.05, 0) is 17.7 Å². The number of aromatic hydroxyl groups is 1. The van der Waals surface area contributed by atoms with Gasteiger partial charge in [-0.25, -0.2) is 19.3 Å². The van der Waals surface area contributed by atoms with E-state index in [4.69, 9.17) is 15.2 Å². The second-order valence-corrected chi connectivity index (χ2v) is 19.1. The van der Waals surface area contributed by atoms with Gasteiger partial charge < -0.3 is 84.0 Å². The van der Waals surface area contributed by atoms with Crippen molar-refractivity contribution in [1.82, 2.24) is 30.2 Å². The number of phosphoric ester groups is 3. The van der Waals surface area contributed by atoms with Crippen LogP contribution in [0.4, 0.5) is 5.82 Å². The highest BCUT2D eigenvalue weighted by molar-refractivity contribution is 8.13. The topological polar surface area (TPSA) is 425 Å². The quantitative estimate of drug-likeness (QED) is 0.0367.